The fourth-order valence-electron chi connectivity index (χ4n) is 1.37. The van der Waals surface area contributed by atoms with Crippen molar-refractivity contribution in [3.63, 3.8) is 0 Å². The highest BCUT2D eigenvalue weighted by atomic mass is 16.5. The van der Waals surface area contributed by atoms with Crippen molar-refractivity contribution in [2.24, 2.45) is 5.41 Å². The molecule has 4 nitrogen and oxygen atoms in total. The highest BCUT2D eigenvalue weighted by Crippen LogP contribution is 2.27. The first-order valence-electron chi connectivity index (χ1n) is 6.02. The van der Waals surface area contributed by atoms with Crippen LogP contribution in [0.5, 0.6) is 0 Å². The van der Waals surface area contributed by atoms with Crippen molar-refractivity contribution in [3.8, 4) is 23.7 Å². The first kappa shape index (κ1) is 17.1. The van der Waals surface area contributed by atoms with Crippen LogP contribution in [-0.2, 0) is 19.1 Å². The molecule has 19 heavy (non-hydrogen) atoms. The SMILES string of the molecule is CC#CCC(CC#CC)(COC(C)=O)COC(C)=O. The molecule has 0 heterocycles. The van der Waals surface area contributed by atoms with Gasteiger partial charge in [-0.05, 0) is 13.8 Å². The first-order valence-corrected chi connectivity index (χ1v) is 6.02. The summed E-state index contributed by atoms with van der Waals surface area (Å²) < 4.78 is 10.1. The molecule has 0 aliphatic carbocycles. The molecule has 0 bridgehead atoms. The second-order valence-corrected chi connectivity index (χ2v) is 4.27. The van der Waals surface area contributed by atoms with Gasteiger partial charge in [-0.15, -0.1) is 23.7 Å². The maximum Gasteiger partial charge on any atom is 0.302 e. The highest BCUT2D eigenvalue weighted by molar-refractivity contribution is 5.66. The maximum atomic E-state index is 11.0. The molecule has 0 aliphatic rings. The smallest absolute Gasteiger partial charge is 0.302 e. The highest BCUT2D eigenvalue weighted by Gasteiger charge is 2.32. The lowest BCUT2D eigenvalue weighted by atomic mass is 9.83. The summed E-state index contributed by atoms with van der Waals surface area (Å²) in [7, 11) is 0. The van der Waals surface area contributed by atoms with E-state index in [9.17, 15) is 9.59 Å². The van der Waals surface area contributed by atoms with Gasteiger partial charge < -0.3 is 9.47 Å². The van der Waals surface area contributed by atoms with Gasteiger partial charge in [-0.2, -0.15) is 0 Å². The molecule has 0 aromatic rings. The summed E-state index contributed by atoms with van der Waals surface area (Å²) in [4.78, 5) is 21.9. The monoisotopic (exact) mass is 264 g/mol. The summed E-state index contributed by atoms with van der Waals surface area (Å²) >= 11 is 0. The van der Waals surface area contributed by atoms with Crippen molar-refractivity contribution in [1.82, 2.24) is 0 Å². The molecule has 0 atom stereocenters. The molecule has 0 radical (unpaired) electrons. The van der Waals surface area contributed by atoms with E-state index in [0.29, 0.717) is 12.8 Å². The van der Waals surface area contributed by atoms with Crippen molar-refractivity contribution in [2.45, 2.75) is 40.5 Å². The lowest BCUT2D eigenvalue weighted by molar-refractivity contribution is -0.151. The van der Waals surface area contributed by atoms with E-state index in [2.05, 4.69) is 23.7 Å². The van der Waals surface area contributed by atoms with Crippen LogP contribution in [0.15, 0.2) is 0 Å². The van der Waals surface area contributed by atoms with Crippen LogP contribution in [0.2, 0.25) is 0 Å². The molecule has 104 valence electrons. The summed E-state index contributed by atoms with van der Waals surface area (Å²) in [5.74, 6) is 10.7. The predicted octanol–water partition coefficient (Wildman–Crippen LogP) is 1.93. The van der Waals surface area contributed by atoms with E-state index in [0.717, 1.165) is 0 Å². The number of hydrogen-bond acceptors (Lipinski definition) is 4. The van der Waals surface area contributed by atoms with Crippen molar-refractivity contribution < 1.29 is 19.1 Å². The molecule has 0 N–H and O–H groups in total. The number of hydrogen-bond donors (Lipinski definition) is 0. The van der Waals surface area contributed by atoms with Crippen molar-refractivity contribution in [1.29, 1.82) is 0 Å². The van der Waals surface area contributed by atoms with E-state index in [4.69, 9.17) is 9.47 Å². The van der Waals surface area contributed by atoms with Gasteiger partial charge in [-0.25, -0.2) is 0 Å². The van der Waals surface area contributed by atoms with E-state index < -0.39 is 5.41 Å². The van der Waals surface area contributed by atoms with Crippen LogP contribution in [0.25, 0.3) is 0 Å². The van der Waals surface area contributed by atoms with Crippen LogP contribution in [0.1, 0.15) is 40.5 Å². The summed E-state index contributed by atoms with van der Waals surface area (Å²) in [6.45, 7) is 6.42. The molecule has 0 rings (SSSR count). The molecule has 0 aliphatic heterocycles. The average molecular weight is 264 g/mol. The van der Waals surface area contributed by atoms with Crippen LogP contribution in [0, 0.1) is 29.1 Å². The predicted molar refractivity (Wildman–Crippen MR) is 71.8 cm³/mol. The van der Waals surface area contributed by atoms with Crippen LogP contribution < -0.4 is 0 Å². The van der Waals surface area contributed by atoms with Gasteiger partial charge in [0.25, 0.3) is 0 Å². The molecule has 0 fully saturated rings. The van der Waals surface area contributed by atoms with Gasteiger partial charge in [-0.3, -0.25) is 9.59 Å². The zero-order chi connectivity index (χ0) is 14.7. The maximum absolute atomic E-state index is 11.0. The van der Waals surface area contributed by atoms with Crippen LogP contribution in [0.3, 0.4) is 0 Å². The molecule has 0 aromatic heterocycles. The second-order valence-electron chi connectivity index (χ2n) is 4.27. The largest absolute Gasteiger partial charge is 0.465 e. The van der Waals surface area contributed by atoms with Crippen LogP contribution in [0.4, 0.5) is 0 Å². The van der Waals surface area contributed by atoms with Gasteiger partial charge in [-0.1, -0.05) is 0 Å². The Morgan fingerprint density at radius 3 is 1.53 bits per heavy atom. The van der Waals surface area contributed by atoms with E-state index in [1.54, 1.807) is 13.8 Å². The minimum absolute atomic E-state index is 0.138. The van der Waals surface area contributed by atoms with Crippen molar-refractivity contribution in [2.75, 3.05) is 13.2 Å². The summed E-state index contributed by atoms with van der Waals surface area (Å²) in [6, 6.07) is 0. The van der Waals surface area contributed by atoms with E-state index >= 15 is 0 Å². The van der Waals surface area contributed by atoms with E-state index in [-0.39, 0.29) is 25.2 Å². The zero-order valence-corrected chi connectivity index (χ0v) is 12.0. The number of rotatable bonds is 6. The Kier molecular flexibility index (Phi) is 8.13. The normalized spacial score (nSPS) is 9.47. The van der Waals surface area contributed by atoms with Gasteiger partial charge in [0.1, 0.15) is 13.2 Å². The topological polar surface area (TPSA) is 52.6 Å². The lowest BCUT2D eigenvalue weighted by Crippen LogP contribution is -2.33. The Balaban J connectivity index is 4.99. The molecule has 0 aromatic carbocycles. The number of carbonyl (C=O) groups is 2. The zero-order valence-electron chi connectivity index (χ0n) is 12.0. The summed E-state index contributed by atoms with van der Waals surface area (Å²) in [6.07, 6.45) is 0.914. The molecular formula is C15H20O4. The van der Waals surface area contributed by atoms with Gasteiger partial charge >= 0.3 is 11.9 Å². The lowest BCUT2D eigenvalue weighted by Gasteiger charge is -2.28. The quantitative estimate of drug-likeness (QED) is 0.543. The number of esters is 2. The van der Waals surface area contributed by atoms with E-state index in [1.807, 2.05) is 0 Å². The Bertz CT molecular complexity index is 387. The summed E-state index contributed by atoms with van der Waals surface area (Å²) in [5, 5.41) is 0. The minimum atomic E-state index is -0.566. The van der Waals surface area contributed by atoms with Gasteiger partial charge in [0.05, 0.1) is 5.41 Å². The van der Waals surface area contributed by atoms with Gasteiger partial charge in [0, 0.05) is 26.7 Å². The standard InChI is InChI=1S/C15H20O4/c1-5-7-9-15(10-8-6-2,11-18-13(3)16)12-19-14(4)17/h9-12H2,1-4H3. The third-order valence-corrected chi connectivity index (χ3v) is 2.44. The van der Waals surface area contributed by atoms with Crippen molar-refractivity contribution in [3.05, 3.63) is 0 Å². The Morgan fingerprint density at radius 1 is 0.895 bits per heavy atom. The fraction of sp³-hybridized carbons (Fsp3) is 0.600. The van der Waals surface area contributed by atoms with E-state index in [1.165, 1.54) is 13.8 Å². The molecule has 4 heteroatoms. The fourth-order valence-corrected chi connectivity index (χ4v) is 1.37. The minimum Gasteiger partial charge on any atom is -0.465 e. The Hall–Kier alpha value is -1.94. The van der Waals surface area contributed by atoms with Gasteiger partial charge in [0.2, 0.25) is 0 Å². The number of ether oxygens (including phenoxy) is 2. The first-order chi connectivity index (χ1) is 8.95. The van der Waals surface area contributed by atoms with Gasteiger partial charge in [0.15, 0.2) is 0 Å². The molecule has 0 unspecified atom stereocenters. The third kappa shape index (κ3) is 7.89. The average Bonchev–Trinajstić information content (AvgIpc) is 2.37. The second kappa shape index (κ2) is 9.05. The van der Waals surface area contributed by atoms with Crippen molar-refractivity contribution >= 4 is 11.9 Å². The molecular weight excluding hydrogens is 244 g/mol. The van der Waals surface area contributed by atoms with Crippen LogP contribution >= 0.6 is 0 Å². The Morgan fingerprint density at radius 2 is 1.26 bits per heavy atom. The molecule has 0 spiro atoms. The molecule has 0 saturated carbocycles. The molecule has 0 amide bonds. The van der Waals surface area contributed by atoms with Crippen LogP contribution in [-0.4, -0.2) is 25.2 Å². The molecule has 0 saturated heterocycles. The number of carbonyl (C=O) groups excluding carboxylic acids is 2. The Labute approximate surface area is 114 Å². The third-order valence-electron chi connectivity index (χ3n) is 2.44. The summed E-state index contributed by atoms with van der Waals surface area (Å²) in [5.41, 5.74) is -0.566.